The Morgan fingerprint density at radius 3 is 1.98 bits per heavy atom. The smallest absolute Gasteiger partial charge is 0.365 e. The number of ether oxygens (including phenoxy) is 2. The van der Waals surface area contributed by atoms with E-state index in [-0.39, 0.29) is 30.6 Å². The molecular weight excluding hydrogens is 778 g/mol. The number of hydrogen-bond donors (Lipinski definition) is 4. The maximum Gasteiger partial charge on any atom is 0.365 e. The van der Waals surface area contributed by atoms with Gasteiger partial charge in [0.15, 0.2) is 17.8 Å². The summed E-state index contributed by atoms with van der Waals surface area (Å²) >= 11 is 0. The molecule has 1 heterocycles. The van der Waals surface area contributed by atoms with Crippen LogP contribution >= 0.6 is 7.60 Å². The van der Waals surface area contributed by atoms with Crippen LogP contribution in [0.5, 0.6) is 17.2 Å². The number of β-amino-alcohol motifs (C(OH)–C–C–N with tert-alkyl or cyclic N) is 1. The number of rotatable bonds is 17. The van der Waals surface area contributed by atoms with Crippen molar-refractivity contribution in [3.8, 4) is 17.2 Å². The van der Waals surface area contributed by atoms with Crippen molar-refractivity contribution < 1.29 is 38.5 Å². The number of carbonyl (C=O) groups excluding carboxylic acids is 1. The second-order valence-electron chi connectivity index (χ2n) is 14.9. The number of methoxy groups -OCH3 is 1. The molecule has 1 saturated heterocycles. The molecule has 4 N–H and O–H groups in total. The van der Waals surface area contributed by atoms with Gasteiger partial charge < -0.3 is 29.5 Å². The van der Waals surface area contributed by atoms with Crippen LogP contribution in [0.25, 0.3) is 0 Å². The molecule has 0 bridgehead atoms. The molecule has 1 aliphatic heterocycles. The number of phenols is 1. The fourth-order valence-electron chi connectivity index (χ4n) is 7.58. The summed E-state index contributed by atoms with van der Waals surface area (Å²) in [7, 11) is -2.85. The van der Waals surface area contributed by atoms with E-state index in [1.165, 1.54) is 18.2 Å². The van der Waals surface area contributed by atoms with Crippen LogP contribution in [-0.4, -0.2) is 63.2 Å². The lowest BCUT2D eigenvalue weighted by Gasteiger charge is -2.40. The van der Waals surface area contributed by atoms with Crippen molar-refractivity contribution >= 4 is 13.6 Å². The number of aromatic hydroxyl groups is 1. The van der Waals surface area contributed by atoms with Crippen LogP contribution in [0.3, 0.4) is 0 Å². The molecule has 5 atom stereocenters. The lowest BCUT2D eigenvalue weighted by Crippen LogP contribution is -2.52. The topological polar surface area (TPSA) is 141 Å². The predicted molar refractivity (Wildman–Crippen MR) is 230 cm³/mol. The minimum Gasteiger partial charge on any atom is -0.504 e. The van der Waals surface area contributed by atoms with Crippen molar-refractivity contribution in [1.29, 1.82) is 0 Å². The quantitative estimate of drug-likeness (QED) is 0.0666. The first-order chi connectivity index (χ1) is 29.2. The van der Waals surface area contributed by atoms with Crippen LogP contribution in [-0.2, 0) is 34.9 Å². The van der Waals surface area contributed by atoms with Crippen molar-refractivity contribution in [2.45, 2.75) is 50.1 Å². The molecule has 7 rings (SSSR count). The van der Waals surface area contributed by atoms with Crippen LogP contribution in [0, 0.1) is 0 Å². The average molecular weight is 828 g/mol. The second-order valence-corrected chi connectivity index (χ2v) is 16.6. The first-order valence-electron chi connectivity index (χ1n) is 19.9. The molecule has 5 unspecified atom stereocenters. The van der Waals surface area contributed by atoms with Crippen LogP contribution in [0.2, 0.25) is 0 Å². The first kappa shape index (κ1) is 42.2. The van der Waals surface area contributed by atoms with E-state index >= 15 is 4.79 Å². The Morgan fingerprint density at radius 2 is 1.33 bits per heavy atom. The molecule has 0 saturated carbocycles. The van der Waals surface area contributed by atoms with Gasteiger partial charge in [-0.05, 0) is 70.5 Å². The molecular formula is C48H50N3O8P. The number of hydrogen-bond acceptors (Lipinski definition) is 8. The van der Waals surface area contributed by atoms with Gasteiger partial charge in [0.1, 0.15) is 5.75 Å². The molecule has 0 aromatic heterocycles. The minimum atomic E-state index is -4.32. The van der Waals surface area contributed by atoms with Crippen molar-refractivity contribution in [3.05, 3.63) is 197 Å². The highest BCUT2D eigenvalue weighted by Gasteiger charge is 2.41. The minimum absolute atomic E-state index is 0.0197. The summed E-state index contributed by atoms with van der Waals surface area (Å²) in [6.07, 6.45) is -1.14. The number of hydrazine groups is 1. The second kappa shape index (κ2) is 19.9. The van der Waals surface area contributed by atoms with Crippen molar-refractivity contribution in [1.82, 2.24) is 15.3 Å². The number of benzene rings is 6. The number of urea groups is 1. The Morgan fingerprint density at radius 1 is 0.733 bits per heavy atom. The predicted octanol–water partition coefficient (Wildman–Crippen LogP) is 8.62. The van der Waals surface area contributed by atoms with Crippen LogP contribution < -0.4 is 14.9 Å². The maximum absolute atomic E-state index is 15.1. The molecule has 60 heavy (non-hydrogen) atoms. The third kappa shape index (κ3) is 11.0. The Balaban J connectivity index is 1.21. The van der Waals surface area contributed by atoms with E-state index in [1.54, 1.807) is 35.2 Å². The van der Waals surface area contributed by atoms with Crippen LogP contribution in [0.15, 0.2) is 164 Å². The molecule has 6 aromatic carbocycles. The van der Waals surface area contributed by atoms with E-state index in [0.29, 0.717) is 36.1 Å². The lowest BCUT2D eigenvalue weighted by atomic mass is 9.92. The third-order valence-electron chi connectivity index (χ3n) is 10.6. The molecule has 1 fully saturated rings. The summed E-state index contributed by atoms with van der Waals surface area (Å²) in [6, 6.07) is 49.0. The number of amides is 2. The molecule has 2 amide bonds. The zero-order valence-corrected chi connectivity index (χ0v) is 34.3. The van der Waals surface area contributed by atoms with Gasteiger partial charge in [-0.1, -0.05) is 140 Å². The van der Waals surface area contributed by atoms with E-state index in [4.69, 9.17) is 14.0 Å². The summed E-state index contributed by atoms with van der Waals surface area (Å²) < 4.78 is 31.1. The largest absolute Gasteiger partial charge is 0.504 e. The van der Waals surface area contributed by atoms with E-state index in [1.807, 2.05) is 127 Å². The van der Waals surface area contributed by atoms with Gasteiger partial charge in [0.05, 0.1) is 37.9 Å². The van der Waals surface area contributed by atoms with Gasteiger partial charge in [-0.25, -0.2) is 10.2 Å². The molecule has 1 aliphatic rings. The Kier molecular flexibility index (Phi) is 14.0. The highest BCUT2D eigenvalue weighted by Crippen LogP contribution is 2.48. The van der Waals surface area contributed by atoms with E-state index in [0.717, 1.165) is 22.3 Å². The third-order valence-corrected chi connectivity index (χ3v) is 11.6. The Bertz CT molecular complexity index is 2340. The highest BCUT2D eigenvalue weighted by atomic mass is 31.2. The molecule has 310 valence electrons. The highest BCUT2D eigenvalue weighted by molar-refractivity contribution is 7.52. The number of aliphatic hydroxyl groups excluding tert-OH is 1. The van der Waals surface area contributed by atoms with E-state index < -0.39 is 38.2 Å². The van der Waals surface area contributed by atoms with Gasteiger partial charge >= 0.3 is 13.6 Å². The summed E-state index contributed by atoms with van der Waals surface area (Å²) in [5.74, 6) is 0.571. The zero-order chi connectivity index (χ0) is 41.9. The number of nitrogens with zero attached hydrogens (tertiary/aromatic N) is 2. The molecule has 6 aromatic rings. The van der Waals surface area contributed by atoms with Gasteiger partial charge in [-0.15, -0.1) is 0 Å². The number of phenolic OH excluding ortho intramolecular Hbond substituents is 1. The summed E-state index contributed by atoms with van der Waals surface area (Å²) in [4.78, 5) is 28.1. The standard InChI is InChI=1S/C48H50N3O8P/c1-57-47-30-38(25-26-44(47)52)33-50-48(54)51(43(45(53)32-49-50)28-36-17-8-3-9-18-36)42(27-35-15-6-2-7-16-35)40-23-14-24-41(31-40)58-34-60(55,56)59-46(39-21-12-5-13-22-39)29-37-19-10-4-11-20-37/h2-26,30-31,42-43,45-46,49,52-53H,27-29,32-34H2,1H3,(H,55,56). The maximum atomic E-state index is 15.1. The number of nitrogens with one attached hydrogen (secondary N) is 1. The summed E-state index contributed by atoms with van der Waals surface area (Å²) in [6.45, 7) is 0.203. The Hall–Kier alpha value is -5.94. The molecule has 12 heteroatoms. The van der Waals surface area contributed by atoms with Gasteiger partial charge in [0, 0.05) is 13.0 Å². The van der Waals surface area contributed by atoms with Crippen molar-refractivity contribution in [3.63, 3.8) is 0 Å². The molecule has 0 aliphatic carbocycles. The molecule has 11 nitrogen and oxygen atoms in total. The molecule has 0 spiro atoms. The first-order valence-corrected chi connectivity index (χ1v) is 21.7. The average Bonchev–Trinajstić information content (AvgIpc) is 3.38. The Labute approximate surface area is 350 Å². The number of aliphatic hydroxyl groups is 1. The summed E-state index contributed by atoms with van der Waals surface area (Å²) in [5, 5.41) is 23.7. The fourth-order valence-corrected chi connectivity index (χ4v) is 8.54. The van der Waals surface area contributed by atoms with Gasteiger partial charge in [-0.3, -0.25) is 14.1 Å². The van der Waals surface area contributed by atoms with Crippen molar-refractivity contribution in [2.24, 2.45) is 0 Å². The number of carbonyl (C=O) groups is 1. The van der Waals surface area contributed by atoms with Crippen molar-refractivity contribution in [2.75, 3.05) is 20.0 Å². The van der Waals surface area contributed by atoms with Gasteiger partial charge in [0.2, 0.25) is 0 Å². The monoisotopic (exact) mass is 827 g/mol. The SMILES string of the molecule is COc1cc(CN2NCC(O)C(Cc3ccccc3)N(C(Cc3ccccc3)c3cccc(OCP(=O)(O)OC(Cc4ccccc4)c4ccccc4)c3)C2=O)ccc1O. The zero-order valence-electron chi connectivity index (χ0n) is 33.4. The van der Waals surface area contributed by atoms with Crippen LogP contribution in [0.4, 0.5) is 4.79 Å². The van der Waals surface area contributed by atoms with Gasteiger partial charge in [-0.2, -0.15) is 0 Å². The fraction of sp³-hybridized carbons (Fsp3) is 0.229. The lowest BCUT2D eigenvalue weighted by molar-refractivity contribution is 0.0558. The van der Waals surface area contributed by atoms with E-state index in [2.05, 4.69) is 5.43 Å². The normalized spacial score (nSPS) is 17.6. The summed E-state index contributed by atoms with van der Waals surface area (Å²) in [5.41, 5.74) is 8.21. The van der Waals surface area contributed by atoms with E-state index in [9.17, 15) is 19.7 Å². The molecule has 0 radical (unpaired) electrons. The van der Waals surface area contributed by atoms with Crippen LogP contribution in [0.1, 0.15) is 45.5 Å². The van der Waals surface area contributed by atoms with Gasteiger partial charge in [0.25, 0.3) is 0 Å².